The number of nitrogens with zero attached hydrogens (tertiary/aromatic N) is 2. The quantitative estimate of drug-likeness (QED) is 0.847. The summed E-state index contributed by atoms with van der Waals surface area (Å²) in [4.78, 5) is 40.6. The average Bonchev–Trinajstić information content (AvgIpc) is 3.08. The summed E-state index contributed by atoms with van der Waals surface area (Å²) in [5.74, 6) is -0.718. The van der Waals surface area contributed by atoms with Crippen molar-refractivity contribution in [3.63, 3.8) is 0 Å². The topological polar surface area (TPSA) is 69.7 Å². The zero-order chi connectivity index (χ0) is 18.3. The van der Waals surface area contributed by atoms with Gasteiger partial charge in [0.2, 0.25) is 0 Å². The molecule has 26 heavy (non-hydrogen) atoms. The lowest BCUT2D eigenvalue weighted by molar-refractivity contribution is -0.122. The molecule has 0 unspecified atom stereocenters. The monoisotopic (exact) mass is 365 g/mol. The number of anilines is 2. The molecule has 7 heteroatoms. The fraction of sp³-hybridized carbons (Fsp3) is 0.105. The molecular formula is C19H15N3O3S. The number of hydrogen-bond donors (Lipinski definition) is 1. The lowest BCUT2D eigenvalue weighted by Crippen LogP contribution is -2.33. The van der Waals surface area contributed by atoms with Crippen LogP contribution < -0.4 is 10.2 Å². The number of carbonyl (C=O) groups excluding carboxylic acids is 3. The van der Waals surface area contributed by atoms with Crippen molar-refractivity contribution in [1.29, 1.82) is 0 Å². The molecular weight excluding hydrogens is 350 g/mol. The molecule has 2 aliphatic heterocycles. The minimum absolute atomic E-state index is 0.0527. The van der Waals surface area contributed by atoms with Crippen molar-refractivity contribution < 1.29 is 14.4 Å². The average molecular weight is 365 g/mol. The maximum atomic E-state index is 12.8. The van der Waals surface area contributed by atoms with Crippen LogP contribution in [-0.2, 0) is 9.59 Å². The lowest BCUT2D eigenvalue weighted by Gasteiger charge is -2.14. The van der Waals surface area contributed by atoms with Gasteiger partial charge in [0, 0.05) is 18.3 Å². The number of benzene rings is 2. The van der Waals surface area contributed by atoms with E-state index in [1.165, 1.54) is 4.90 Å². The van der Waals surface area contributed by atoms with Crippen LogP contribution in [0.2, 0.25) is 0 Å². The molecule has 0 bridgehead atoms. The predicted octanol–water partition coefficient (Wildman–Crippen LogP) is 3.14. The van der Waals surface area contributed by atoms with Gasteiger partial charge in [-0.15, -0.1) is 0 Å². The van der Waals surface area contributed by atoms with E-state index in [1.807, 2.05) is 48.5 Å². The second-order valence-corrected chi connectivity index (χ2v) is 6.85. The fourth-order valence-corrected chi connectivity index (χ4v) is 3.93. The van der Waals surface area contributed by atoms with Crippen LogP contribution in [0.5, 0.6) is 0 Å². The molecule has 130 valence electrons. The minimum Gasteiger partial charge on any atom is -0.367 e. The van der Waals surface area contributed by atoms with E-state index >= 15 is 0 Å². The van der Waals surface area contributed by atoms with Crippen LogP contribution >= 0.6 is 11.8 Å². The Kier molecular flexibility index (Phi) is 4.00. The molecule has 0 saturated carbocycles. The predicted molar refractivity (Wildman–Crippen MR) is 102 cm³/mol. The highest BCUT2D eigenvalue weighted by Crippen LogP contribution is 2.43. The van der Waals surface area contributed by atoms with Crippen molar-refractivity contribution >= 4 is 45.8 Å². The summed E-state index contributed by atoms with van der Waals surface area (Å²) in [5, 5.41) is 2.66. The Morgan fingerprint density at radius 3 is 2.38 bits per heavy atom. The van der Waals surface area contributed by atoms with Crippen LogP contribution in [0.4, 0.5) is 16.2 Å². The number of imide groups is 1. The van der Waals surface area contributed by atoms with Crippen molar-refractivity contribution in [1.82, 2.24) is 4.90 Å². The molecule has 0 spiro atoms. The molecule has 1 saturated heterocycles. The first-order valence-electron chi connectivity index (χ1n) is 8.02. The van der Waals surface area contributed by atoms with Gasteiger partial charge in [-0.25, -0.2) is 0 Å². The standard InChI is InChI=1S/C19H15N3O3S/c1-21-14-10-6-5-9-13(14)15(17(21)23)16-18(24)22(19(25)26-16)11-20-12-7-3-2-4-8-12/h2-10,20H,11H2,1H3. The molecule has 1 N–H and O–H groups in total. The zero-order valence-corrected chi connectivity index (χ0v) is 14.7. The molecule has 6 nitrogen and oxygen atoms in total. The van der Waals surface area contributed by atoms with Crippen LogP contribution in [0.15, 0.2) is 59.5 Å². The Labute approximate surface area is 154 Å². The van der Waals surface area contributed by atoms with E-state index in [4.69, 9.17) is 0 Å². The zero-order valence-electron chi connectivity index (χ0n) is 13.9. The van der Waals surface area contributed by atoms with Gasteiger partial charge in [0.05, 0.1) is 22.8 Å². The highest BCUT2D eigenvalue weighted by Gasteiger charge is 2.42. The van der Waals surface area contributed by atoms with E-state index in [9.17, 15) is 14.4 Å². The Hall–Kier alpha value is -3.06. The number of nitrogens with one attached hydrogen (secondary N) is 1. The first-order valence-corrected chi connectivity index (χ1v) is 8.84. The molecule has 3 amide bonds. The Morgan fingerprint density at radius 1 is 0.923 bits per heavy atom. The van der Waals surface area contributed by atoms with E-state index in [0.29, 0.717) is 11.1 Å². The van der Waals surface area contributed by atoms with E-state index in [-0.39, 0.29) is 22.7 Å². The van der Waals surface area contributed by atoms with Gasteiger partial charge in [-0.05, 0) is 30.0 Å². The van der Waals surface area contributed by atoms with Gasteiger partial charge in [-0.1, -0.05) is 36.4 Å². The van der Waals surface area contributed by atoms with E-state index in [2.05, 4.69) is 5.32 Å². The summed E-state index contributed by atoms with van der Waals surface area (Å²) in [7, 11) is 1.66. The fourth-order valence-electron chi connectivity index (χ4n) is 3.00. The van der Waals surface area contributed by atoms with E-state index < -0.39 is 5.91 Å². The van der Waals surface area contributed by atoms with Crippen molar-refractivity contribution in [2.75, 3.05) is 23.9 Å². The summed E-state index contributed by atoms with van der Waals surface area (Å²) in [6, 6.07) is 16.6. The van der Waals surface area contributed by atoms with Crippen molar-refractivity contribution in [2.45, 2.75) is 0 Å². The molecule has 1 fully saturated rings. The summed E-state index contributed by atoms with van der Waals surface area (Å²) < 4.78 is 0. The van der Waals surface area contributed by atoms with Crippen molar-refractivity contribution in [3.05, 3.63) is 65.1 Å². The molecule has 0 atom stereocenters. The third-order valence-corrected chi connectivity index (χ3v) is 5.32. The van der Waals surface area contributed by atoms with Gasteiger partial charge in [-0.3, -0.25) is 19.3 Å². The second-order valence-electron chi connectivity index (χ2n) is 5.89. The van der Waals surface area contributed by atoms with Crippen molar-refractivity contribution in [3.8, 4) is 0 Å². The number of rotatable bonds is 3. The Bertz CT molecular complexity index is 956. The molecule has 0 aromatic heterocycles. The normalized spacial score (nSPS) is 19.3. The maximum Gasteiger partial charge on any atom is 0.295 e. The third kappa shape index (κ3) is 2.57. The SMILES string of the molecule is CN1C(=O)C(=C2SC(=O)N(CNc3ccccc3)C2=O)c2ccccc21. The maximum absolute atomic E-state index is 12.8. The number of thioether (sulfide) groups is 1. The summed E-state index contributed by atoms with van der Waals surface area (Å²) >= 11 is 0.813. The number of carbonyl (C=O) groups is 3. The number of likely N-dealkylation sites (N-methyl/N-ethyl adjacent to an activating group) is 1. The number of fused-ring (bicyclic) bond motifs is 1. The molecule has 0 radical (unpaired) electrons. The van der Waals surface area contributed by atoms with Gasteiger partial charge in [-0.2, -0.15) is 0 Å². The molecule has 4 rings (SSSR count). The lowest BCUT2D eigenvalue weighted by atomic mass is 10.1. The smallest absolute Gasteiger partial charge is 0.295 e. The van der Waals surface area contributed by atoms with E-state index in [0.717, 1.165) is 28.0 Å². The minimum atomic E-state index is -0.447. The first-order chi connectivity index (χ1) is 12.6. The highest BCUT2D eigenvalue weighted by molar-refractivity contribution is 8.18. The molecule has 0 aliphatic carbocycles. The summed E-state index contributed by atoms with van der Waals surface area (Å²) in [5.41, 5.74) is 2.53. The van der Waals surface area contributed by atoms with Crippen LogP contribution in [0.1, 0.15) is 5.56 Å². The highest BCUT2D eigenvalue weighted by atomic mass is 32.2. The summed E-state index contributed by atoms with van der Waals surface area (Å²) in [6.45, 7) is 0.0527. The summed E-state index contributed by atoms with van der Waals surface area (Å²) in [6.07, 6.45) is 0. The largest absolute Gasteiger partial charge is 0.367 e. The van der Waals surface area contributed by atoms with Gasteiger partial charge in [0.1, 0.15) is 0 Å². The Morgan fingerprint density at radius 2 is 1.62 bits per heavy atom. The first kappa shape index (κ1) is 16.4. The van der Waals surface area contributed by atoms with Gasteiger partial charge < -0.3 is 10.2 Å². The van der Waals surface area contributed by atoms with Gasteiger partial charge in [0.15, 0.2) is 0 Å². The Balaban J connectivity index is 1.65. The molecule has 2 aliphatic rings. The van der Waals surface area contributed by atoms with Crippen LogP contribution in [0.3, 0.4) is 0 Å². The van der Waals surface area contributed by atoms with Crippen LogP contribution in [-0.4, -0.2) is 35.7 Å². The molecule has 2 aromatic carbocycles. The van der Waals surface area contributed by atoms with Crippen LogP contribution in [0, 0.1) is 0 Å². The van der Waals surface area contributed by atoms with Crippen LogP contribution in [0.25, 0.3) is 5.57 Å². The van der Waals surface area contributed by atoms with Gasteiger partial charge in [0.25, 0.3) is 17.1 Å². The van der Waals surface area contributed by atoms with E-state index in [1.54, 1.807) is 13.1 Å². The third-order valence-electron chi connectivity index (χ3n) is 4.34. The molecule has 2 aromatic rings. The number of para-hydroxylation sites is 2. The molecule has 2 heterocycles. The second kappa shape index (κ2) is 6.34. The van der Waals surface area contributed by atoms with Gasteiger partial charge >= 0.3 is 0 Å². The number of hydrogen-bond acceptors (Lipinski definition) is 5. The van der Waals surface area contributed by atoms with Crippen molar-refractivity contribution in [2.24, 2.45) is 0 Å². The number of amides is 3.